The van der Waals surface area contributed by atoms with E-state index >= 15 is 0 Å². The van der Waals surface area contributed by atoms with Gasteiger partial charge in [0.2, 0.25) is 0 Å². The normalized spacial score (nSPS) is 12.3. The van der Waals surface area contributed by atoms with Gasteiger partial charge in [0.05, 0.1) is 0 Å². The molecule has 1 heteroatoms. The van der Waals surface area contributed by atoms with E-state index in [0.29, 0.717) is 6.04 Å². The highest BCUT2D eigenvalue weighted by molar-refractivity contribution is 5.18. The molecule has 1 aromatic rings. The van der Waals surface area contributed by atoms with Crippen LogP contribution in [0.5, 0.6) is 0 Å². The topological polar surface area (TPSA) is 12.0 Å². The number of nitrogens with one attached hydrogen (secondary N) is 1. The SMILES string of the molecule is C=CCCNC(CCC)c1ccccc1. The lowest BCUT2D eigenvalue weighted by Gasteiger charge is -2.18. The van der Waals surface area contributed by atoms with Crippen LogP contribution in [0.1, 0.15) is 37.8 Å². The molecule has 0 bridgehead atoms. The minimum Gasteiger partial charge on any atom is -0.310 e. The van der Waals surface area contributed by atoms with Gasteiger partial charge < -0.3 is 5.32 Å². The van der Waals surface area contributed by atoms with Crippen molar-refractivity contribution in [1.29, 1.82) is 0 Å². The van der Waals surface area contributed by atoms with Crippen LogP contribution in [0.3, 0.4) is 0 Å². The molecule has 0 radical (unpaired) electrons. The Bertz CT molecular complexity index is 266. The minimum atomic E-state index is 0.496. The van der Waals surface area contributed by atoms with Crippen LogP contribution in [-0.2, 0) is 0 Å². The van der Waals surface area contributed by atoms with Gasteiger partial charge in [-0.25, -0.2) is 0 Å². The van der Waals surface area contributed by atoms with Gasteiger partial charge in [-0.2, -0.15) is 0 Å². The van der Waals surface area contributed by atoms with E-state index < -0.39 is 0 Å². The molecule has 0 aliphatic heterocycles. The van der Waals surface area contributed by atoms with Crippen molar-refractivity contribution < 1.29 is 0 Å². The fraction of sp³-hybridized carbons (Fsp3) is 0.429. The standard InChI is InChI=1S/C14H21N/c1-3-5-12-15-14(9-4-2)13-10-7-6-8-11-13/h3,6-8,10-11,14-15H,1,4-5,9,12H2,2H3. The first-order valence-electron chi connectivity index (χ1n) is 5.77. The predicted molar refractivity (Wildman–Crippen MR) is 66.9 cm³/mol. The summed E-state index contributed by atoms with van der Waals surface area (Å²) in [6.07, 6.45) is 5.40. The van der Waals surface area contributed by atoms with Crippen molar-refractivity contribution in [2.24, 2.45) is 0 Å². The van der Waals surface area contributed by atoms with E-state index in [-0.39, 0.29) is 0 Å². The van der Waals surface area contributed by atoms with Gasteiger partial charge in [0.25, 0.3) is 0 Å². The second kappa shape index (κ2) is 7.24. The van der Waals surface area contributed by atoms with E-state index in [1.54, 1.807) is 0 Å². The van der Waals surface area contributed by atoms with Gasteiger partial charge in [0.1, 0.15) is 0 Å². The second-order valence-electron chi connectivity index (χ2n) is 3.78. The molecule has 0 amide bonds. The summed E-state index contributed by atoms with van der Waals surface area (Å²) in [5.41, 5.74) is 1.39. The molecule has 1 atom stereocenters. The van der Waals surface area contributed by atoms with Crippen LogP contribution in [0.2, 0.25) is 0 Å². The third-order valence-electron chi connectivity index (χ3n) is 2.52. The molecule has 1 unspecified atom stereocenters. The summed E-state index contributed by atoms with van der Waals surface area (Å²) < 4.78 is 0. The number of rotatable bonds is 7. The summed E-state index contributed by atoms with van der Waals surface area (Å²) in [5, 5.41) is 3.57. The summed E-state index contributed by atoms with van der Waals surface area (Å²) in [4.78, 5) is 0. The smallest absolute Gasteiger partial charge is 0.0320 e. The van der Waals surface area contributed by atoms with Gasteiger partial charge in [-0.3, -0.25) is 0 Å². The third kappa shape index (κ3) is 4.30. The molecule has 0 saturated heterocycles. The van der Waals surface area contributed by atoms with E-state index in [1.165, 1.54) is 18.4 Å². The molecule has 1 nitrogen and oxygen atoms in total. The fourth-order valence-corrected chi connectivity index (χ4v) is 1.72. The Kier molecular flexibility index (Phi) is 5.79. The summed E-state index contributed by atoms with van der Waals surface area (Å²) in [6, 6.07) is 11.2. The highest BCUT2D eigenvalue weighted by atomic mass is 14.9. The molecule has 82 valence electrons. The van der Waals surface area contributed by atoms with Gasteiger partial charge in [0, 0.05) is 6.04 Å². The zero-order valence-corrected chi connectivity index (χ0v) is 9.58. The Morgan fingerprint density at radius 1 is 1.33 bits per heavy atom. The van der Waals surface area contributed by atoms with Crippen LogP contribution >= 0.6 is 0 Å². The van der Waals surface area contributed by atoms with Crippen molar-refractivity contribution in [3.8, 4) is 0 Å². The fourth-order valence-electron chi connectivity index (χ4n) is 1.72. The van der Waals surface area contributed by atoms with E-state index in [0.717, 1.165) is 13.0 Å². The van der Waals surface area contributed by atoms with Gasteiger partial charge in [-0.05, 0) is 24.9 Å². The monoisotopic (exact) mass is 203 g/mol. The first kappa shape index (κ1) is 12.0. The Labute approximate surface area is 93.2 Å². The maximum Gasteiger partial charge on any atom is 0.0320 e. The van der Waals surface area contributed by atoms with Crippen molar-refractivity contribution in [1.82, 2.24) is 5.32 Å². The molecule has 15 heavy (non-hydrogen) atoms. The van der Waals surface area contributed by atoms with Crippen LogP contribution in [0.4, 0.5) is 0 Å². The molecule has 1 rings (SSSR count). The highest BCUT2D eigenvalue weighted by Gasteiger charge is 2.07. The van der Waals surface area contributed by atoms with E-state index in [1.807, 2.05) is 6.08 Å². The lowest BCUT2D eigenvalue weighted by molar-refractivity contribution is 0.500. The molecule has 1 aromatic carbocycles. The van der Waals surface area contributed by atoms with Gasteiger partial charge >= 0.3 is 0 Å². The molecule has 0 fully saturated rings. The average Bonchev–Trinajstić information content (AvgIpc) is 2.29. The van der Waals surface area contributed by atoms with Crippen LogP contribution in [0.25, 0.3) is 0 Å². The molecule has 0 saturated carbocycles. The Morgan fingerprint density at radius 2 is 2.07 bits per heavy atom. The summed E-state index contributed by atoms with van der Waals surface area (Å²) in [7, 11) is 0. The van der Waals surface area contributed by atoms with Crippen molar-refractivity contribution in [2.75, 3.05) is 6.54 Å². The van der Waals surface area contributed by atoms with E-state index in [9.17, 15) is 0 Å². The maximum atomic E-state index is 3.74. The molecule has 0 aliphatic carbocycles. The predicted octanol–water partition coefficient (Wildman–Crippen LogP) is 3.69. The van der Waals surface area contributed by atoms with Gasteiger partial charge in [-0.1, -0.05) is 49.8 Å². The third-order valence-corrected chi connectivity index (χ3v) is 2.52. The Balaban J connectivity index is 2.53. The Hall–Kier alpha value is -1.08. The maximum absolute atomic E-state index is 3.74. The van der Waals surface area contributed by atoms with Crippen LogP contribution in [-0.4, -0.2) is 6.54 Å². The number of benzene rings is 1. The number of hydrogen-bond donors (Lipinski definition) is 1. The van der Waals surface area contributed by atoms with Crippen molar-refractivity contribution in [3.05, 3.63) is 48.6 Å². The lowest BCUT2D eigenvalue weighted by atomic mass is 10.0. The van der Waals surface area contributed by atoms with Gasteiger partial charge in [0.15, 0.2) is 0 Å². The first-order valence-corrected chi connectivity index (χ1v) is 5.77. The zero-order valence-electron chi connectivity index (χ0n) is 9.58. The summed E-state index contributed by atoms with van der Waals surface area (Å²) in [6.45, 7) is 6.98. The number of hydrogen-bond acceptors (Lipinski definition) is 1. The van der Waals surface area contributed by atoms with Crippen molar-refractivity contribution in [2.45, 2.75) is 32.2 Å². The lowest BCUT2D eigenvalue weighted by Crippen LogP contribution is -2.21. The molecule has 0 heterocycles. The van der Waals surface area contributed by atoms with Crippen molar-refractivity contribution in [3.63, 3.8) is 0 Å². The van der Waals surface area contributed by atoms with Crippen LogP contribution < -0.4 is 5.32 Å². The summed E-state index contributed by atoms with van der Waals surface area (Å²) in [5.74, 6) is 0. The largest absolute Gasteiger partial charge is 0.310 e. The minimum absolute atomic E-state index is 0.496. The second-order valence-corrected chi connectivity index (χ2v) is 3.78. The van der Waals surface area contributed by atoms with E-state index in [2.05, 4.69) is 49.2 Å². The quantitative estimate of drug-likeness (QED) is 0.526. The molecule has 0 aliphatic rings. The molecule has 1 N–H and O–H groups in total. The van der Waals surface area contributed by atoms with Gasteiger partial charge in [-0.15, -0.1) is 6.58 Å². The summed E-state index contributed by atoms with van der Waals surface area (Å²) >= 11 is 0. The molecular weight excluding hydrogens is 182 g/mol. The average molecular weight is 203 g/mol. The van der Waals surface area contributed by atoms with Crippen molar-refractivity contribution >= 4 is 0 Å². The first-order chi connectivity index (χ1) is 7.38. The van der Waals surface area contributed by atoms with E-state index in [4.69, 9.17) is 0 Å². The van der Waals surface area contributed by atoms with Crippen LogP contribution in [0, 0.1) is 0 Å². The van der Waals surface area contributed by atoms with Crippen LogP contribution in [0.15, 0.2) is 43.0 Å². The molecular formula is C14H21N. The zero-order chi connectivity index (χ0) is 10.9. The highest BCUT2D eigenvalue weighted by Crippen LogP contribution is 2.17. The molecule has 0 aromatic heterocycles. The molecule has 0 spiro atoms. The Morgan fingerprint density at radius 3 is 2.67 bits per heavy atom.